The van der Waals surface area contributed by atoms with Crippen LogP contribution in [-0.4, -0.2) is 108 Å². The number of ketones is 3. The quantitative estimate of drug-likeness (QED) is 0.0303. The zero-order valence-corrected chi connectivity index (χ0v) is 81.2. The predicted octanol–water partition coefficient (Wildman–Crippen LogP) is 21.3. The van der Waals surface area contributed by atoms with Crippen LogP contribution in [0.4, 0.5) is 26.8 Å². The number of hydrogen-bond donors (Lipinski definition) is 3. The molecule has 6 aromatic heterocycles. The van der Waals surface area contributed by atoms with Crippen molar-refractivity contribution in [2.24, 2.45) is 0 Å². The van der Waals surface area contributed by atoms with Gasteiger partial charge >= 0.3 is 0 Å². The smallest absolute Gasteiger partial charge is 0.258 e. The monoisotopic (exact) mass is 1940 g/mol. The molecule has 8 heterocycles. The van der Waals surface area contributed by atoms with Crippen LogP contribution in [0.5, 0.6) is 0 Å². The van der Waals surface area contributed by atoms with E-state index < -0.39 is 5.92 Å². The van der Waals surface area contributed by atoms with Gasteiger partial charge in [0, 0.05) is 84.3 Å². The van der Waals surface area contributed by atoms with E-state index in [0.29, 0.717) is 57.8 Å². The Kier molecular flexibility index (Phi) is 32.3. The van der Waals surface area contributed by atoms with Crippen molar-refractivity contribution in [1.82, 2.24) is 61.2 Å². The first-order valence-electron chi connectivity index (χ1n) is 45.2. The third kappa shape index (κ3) is 25.3. The van der Waals surface area contributed by atoms with E-state index in [1.807, 2.05) is 235 Å². The van der Waals surface area contributed by atoms with Crippen molar-refractivity contribution in [2.45, 2.75) is 181 Å². The van der Waals surface area contributed by atoms with Crippen molar-refractivity contribution < 1.29 is 38.4 Å². The van der Waals surface area contributed by atoms with E-state index in [0.717, 1.165) is 206 Å². The molecule has 0 saturated heterocycles. The number of amides is 5. The van der Waals surface area contributed by atoms with Crippen LogP contribution >= 0.6 is 79.6 Å². The van der Waals surface area contributed by atoms with Gasteiger partial charge in [-0.3, -0.25) is 38.4 Å². The number of benzene rings is 10. The number of rotatable bonds is 38. The van der Waals surface area contributed by atoms with Gasteiger partial charge in [-0.1, -0.05) is 247 Å². The fourth-order valence-corrected chi connectivity index (χ4v) is 21.3. The summed E-state index contributed by atoms with van der Waals surface area (Å²) in [7, 11) is 0. The van der Waals surface area contributed by atoms with Crippen molar-refractivity contribution >= 4 is 175 Å². The Morgan fingerprint density at radius 3 is 1.07 bits per heavy atom. The number of nitrogens with zero attached hydrogens (tertiary/aromatic N) is 14. The van der Waals surface area contributed by atoms with E-state index in [4.69, 9.17) is 11.6 Å². The molecular formula is C104H98ClN17O8S6. The lowest BCUT2D eigenvalue weighted by Crippen LogP contribution is -2.23. The number of hydrogen-bond acceptors (Lipinski definition) is 26. The fourth-order valence-electron chi connectivity index (χ4n) is 16.1. The number of halogens is 1. The summed E-state index contributed by atoms with van der Waals surface area (Å²) >= 11 is 14.6. The van der Waals surface area contributed by atoms with Crippen LogP contribution in [0, 0.1) is 6.92 Å². The highest BCUT2D eigenvalue weighted by Crippen LogP contribution is 2.35. The standard InChI is InChI=1S/C43H39N7O4S2.C33H29N5O2S2.C28H30ClN5O2S2/c1-26(28-15-19-32(20-16-28)49-24-30-9-3-5-11-34(30)41(49)53)36(51)23-39-47-45-37(55-39)13-7-8-14-38-46-48-43(56-38)44-40(52)27(2)29-17-21-33(22-18-29)50-25-31-10-4-6-12-35(31)42(50)54;39-26(19-24-13-7-11-22-9-1-3-15-27(22)24)21-32-37-35-30(41-32)17-5-6-18-31-36-38-33(42-31)34-29(40)20-25-14-8-12-23-10-2-4-16-28(23)25;1-17-8-10-20(11-9-17)18(2)23(35)16-26-33-31-24(37-26)6-4-5-7-25-32-34-28(38-25)30-27(36)19(3)21-12-14-22(29)15-13-21/h3-6,9-12,15-22,26-27H,7-8,13-14,23-25H2,1-2H3,(H,44,48,52);1-4,7-16H,5-6,17-21H2,(H,34,38,40);8-15,18-19H,4-7,16H2,1-3H3,(H,30,34,36). The van der Waals surface area contributed by atoms with E-state index >= 15 is 0 Å². The molecule has 32 heteroatoms. The van der Waals surface area contributed by atoms with E-state index in [9.17, 15) is 38.4 Å². The van der Waals surface area contributed by atoms with Gasteiger partial charge in [0.1, 0.15) is 62.4 Å². The molecular weight excluding hydrogens is 1840 g/mol. The van der Waals surface area contributed by atoms with Gasteiger partial charge < -0.3 is 25.8 Å². The molecule has 690 valence electrons. The lowest BCUT2D eigenvalue weighted by Gasteiger charge is -2.17. The van der Waals surface area contributed by atoms with Crippen molar-refractivity contribution in [1.29, 1.82) is 0 Å². The lowest BCUT2D eigenvalue weighted by molar-refractivity contribution is -0.120. The molecule has 2 aliphatic rings. The van der Waals surface area contributed by atoms with E-state index in [-0.39, 0.29) is 77.5 Å². The van der Waals surface area contributed by atoms with Crippen LogP contribution in [0.2, 0.25) is 5.02 Å². The highest BCUT2D eigenvalue weighted by molar-refractivity contribution is 7.16. The minimum Gasteiger partial charge on any atom is -0.304 e. The van der Waals surface area contributed by atoms with Crippen LogP contribution in [-0.2, 0) is 112 Å². The maximum Gasteiger partial charge on any atom is 0.258 e. The summed E-state index contributed by atoms with van der Waals surface area (Å²) in [4.78, 5) is 106. The van der Waals surface area contributed by atoms with Gasteiger partial charge in [0.25, 0.3) is 11.8 Å². The molecule has 136 heavy (non-hydrogen) atoms. The predicted molar refractivity (Wildman–Crippen MR) is 540 cm³/mol. The summed E-state index contributed by atoms with van der Waals surface area (Å²) in [5, 5.41) is 73.8. The highest BCUT2D eigenvalue weighted by Gasteiger charge is 2.32. The number of unbranched alkanes of at least 4 members (excludes halogenated alkanes) is 3. The molecule has 0 bridgehead atoms. The van der Waals surface area contributed by atoms with E-state index in [1.165, 1.54) is 73.6 Å². The Balaban J connectivity index is 0.000000152. The van der Waals surface area contributed by atoms with E-state index in [1.54, 1.807) is 21.9 Å². The number of carbonyl (C=O) groups is 8. The average Bonchev–Trinajstić information content (AvgIpc) is 1.63. The first-order chi connectivity index (χ1) is 66.1. The molecule has 2 aliphatic heterocycles. The maximum atomic E-state index is 13.2. The minimum atomic E-state index is -0.420. The van der Waals surface area contributed by atoms with Gasteiger partial charge in [-0.2, -0.15) is 0 Å². The molecule has 0 spiro atoms. The van der Waals surface area contributed by atoms with Crippen LogP contribution in [0.1, 0.15) is 206 Å². The Labute approximate surface area is 816 Å². The molecule has 3 N–H and O–H groups in total. The van der Waals surface area contributed by atoms with Gasteiger partial charge in [0.15, 0.2) is 0 Å². The SMILES string of the molecule is CC(C(=O)Cc1nnc(CCCCc2nnc(NC(=O)C(C)c3ccc(N4Cc5ccccc5C4=O)cc3)s2)s1)c1ccc(N2Cc3ccccc3C2=O)cc1.Cc1ccc(C(C)C(=O)Cc2nnc(CCCCc3nnc(NC(=O)C(C)c4ccc(Cl)cc4)s3)s2)cc1.O=C(Cc1nnc(CCCCc2nnc(NC(=O)Cc3cccc4ccccc34)s2)s1)Cc1cccc2ccccc12. The summed E-state index contributed by atoms with van der Waals surface area (Å²) in [6, 6.07) is 74.2. The second-order valence-electron chi connectivity index (χ2n) is 33.7. The molecule has 0 saturated carbocycles. The van der Waals surface area contributed by atoms with Gasteiger partial charge in [-0.15, -0.1) is 95.2 Å². The Hall–Kier alpha value is -13.3. The minimum absolute atomic E-state index is 0.00408. The lowest BCUT2D eigenvalue weighted by atomic mass is 9.94. The van der Waals surface area contributed by atoms with Crippen molar-refractivity contribution in [3.63, 3.8) is 0 Å². The molecule has 0 radical (unpaired) electrons. The van der Waals surface area contributed by atoms with Crippen molar-refractivity contribution in [3.8, 4) is 0 Å². The van der Waals surface area contributed by atoms with Gasteiger partial charge in [0.2, 0.25) is 33.1 Å². The number of nitrogens with one attached hydrogen (secondary N) is 3. The Bertz CT molecular complexity index is 6520. The molecule has 0 fully saturated rings. The largest absolute Gasteiger partial charge is 0.304 e. The van der Waals surface area contributed by atoms with Crippen LogP contribution in [0.15, 0.2) is 231 Å². The molecule has 16 aromatic rings. The second-order valence-corrected chi connectivity index (χ2v) is 40.7. The summed E-state index contributed by atoms with van der Waals surface area (Å²) in [6.07, 6.45) is 11.6. The number of anilines is 5. The van der Waals surface area contributed by atoms with Crippen LogP contribution in [0.25, 0.3) is 21.5 Å². The normalized spacial score (nSPS) is 13.0. The maximum absolute atomic E-state index is 13.2. The average molecular weight is 1940 g/mol. The Morgan fingerprint density at radius 2 is 0.654 bits per heavy atom. The van der Waals surface area contributed by atoms with Crippen LogP contribution in [0.3, 0.4) is 0 Å². The fraction of sp³-hybridized carbons (Fsp3) is 0.269. The molecule has 25 nitrogen and oxygen atoms in total. The number of Topliss-reactive ketones (excluding diaryl/α,β-unsaturated/α-hetero) is 3. The van der Waals surface area contributed by atoms with Crippen LogP contribution < -0.4 is 25.8 Å². The molecule has 18 rings (SSSR count). The van der Waals surface area contributed by atoms with Gasteiger partial charge in [-0.05, 0) is 174 Å². The Morgan fingerprint density at radius 1 is 0.331 bits per heavy atom. The molecule has 4 atom stereocenters. The second kappa shape index (κ2) is 45.8. The number of aromatic nitrogens is 12. The zero-order valence-electron chi connectivity index (χ0n) is 75.5. The third-order valence-corrected chi connectivity index (χ3v) is 29.9. The molecule has 5 amide bonds. The third-order valence-electron chi connectivity index (χ3n) is 24.0. The number of fused-ring (bicyclic) bond motifs is 4. The van der Waals surface area contributed by atoms with E-state index in [2.05, 4.69) is 95.3 Å². The summed E-state index contributed by atoms with van der Waals surface area (Å²) in [5.41, 5.74) is 12.0. The van der Waals surface area contributed by atoms with Gasteiger partial charge in [0.05, 0.1) is 50.6 Å². The zero-order chi connectivity index (χ0) is 94.6. The molecule has 10 aromatic carbocycles. The van der Waals surface area contributed by atoms with Crippen molar-refractivity contribution in [3.05, 3.63) is 342 Å². The first-order valence-corrected chi connectivity index (χ1v) is 50.5. The van der Waals surface area contributed by atoms with Gasteiger partial charge in [-0.25, -0.2) is 0 Å². The molecule has 0 aliphatic carbocycles. The summed E-state index contributed by atoms with van der Waals surface area (Å²) < 4.78 is 0. The topological polar surface area (TPSA) is 334 Å². The number of carbonyl (C=O) groups excluding carboxylic acids is 8. The summed E-state index contributed by atoms with van der Waals surface area (Å²) in [6.45, 7) is 10.7. The number of aryl methyl sites for hydroxylation is 7. The first kappa shape index (κ1) is 95.9. The highest BCUT2D eigenvalue weighted by atomic mass is 35.5. The molecule has 4 unspecified atom stereocenters. The van der Waals surface area contributed by atoms with Crippen molar-refractivity contribution in [2.75, 3.05) is 25.8 Å². The summed E-state index contributed by atoms with van der Waals surface area (Å²) in [5.74, 6) is -1.28.